The van der Waals surface area contributed by atoms with Crippen molar-refractivity contribution in [3.05, 3.63) is 64.7 Å². The first-order chi connectivity index (χ1) is 8.65. The van der Waals surface area contributed by atoms with Crippen molar-refractivity contribution >= 4 is 11.6 Å². The summed E-state index contributed by atoms with van der Waals surface area (Å²) in [6, 6.07) is 15.3. The second-order valence-electron chi connectivity index (χ2n) is 4.32. The van der Waals surface area contributed by atoms with E-state index in [0.717, 1.165) is 17.1 Å². The number of hydrogen-bond donors (Lipinski definition) is 2. The molecule has 0 aliphatic rings. The summed E-state index contributed by atoms with van der Waals surface area (Å²) in [5, 5.41) is 13.4. The summed E-state index contributed by atoms with van der Waals surface area (Å²) in [5.41, 5.74) is 2.35. The molecular weight excluding hydrogens is 246 g/mol. The molecule has 0 radical (unpaired) electrons. The molecule has 94 valence electrons. The second kappa shape index (κ2) is 5.89. The Balaban J connectivity index is 1.93. The molecule has 0 saturated carbocycles. The molecule has 2 rings (SSSR count). The first kappa shape index (κ1) is 12.9. The van der Waals surface area contributed by atoms with Crippen LogP contribution in [-0.2, 0) is 6.54 Å². The third-order valence-electron chi connectivity index (χ3n) is 2.92. The van der Waals surface area contributed by atoms with Gasteiger partial charge in [-0.05, 0) is 42.3 Å². The van der Waals surface area contributed by atoms with Crippen LogP contribution in [0.25, 0.3) is 0 Å². The molecule has 0 fully saturated rings. The molecule has 0 aromatic heterocycles. The maximum absolute atomic E-state index is 9.24. The van der Waals surface area contributed by atoms with Gasteiger partial charge in [-0.3, -0.25) is 0 Å². The average Bonchev–Trinajstić information content (AvgIpc) is 2.38. The van der Waals surface area contributed by atoms with E-state index in [0.29, 0.717) is 5.75 Å². The molecule has 2 nitrogen and oxygen atoms in total. The monoisotopic (exact) mass is 261 g/mol. The standard InChI is InChI=1S/C15H16ClNO/c1-11(13-4-8-15(18)9-5-13)17-10-12-2-6-14(16)7-3-12/h2-9,11,17-18H,10H2,1H3. The number of rotatable bonds is 4. The lowest BCUT2D eigenvalue weighted by Crippen LogP contribution is -2.17. The van der Waals surface area contributed by atoms with Crippen LogP contribution in [0.1, 0.15) is 24.1 Å². The van der Waals surface area contributed by atoms with Crippen LogP contribution in [0.4, 0.5) is 0 Å². The SMILES string of the molecule is CC(NCc1ccc(Cl)cc1)c1ccc(O)cc1. The highest BCUT2D eigenvalue weighted by atomic mass is 35.5. The molecule has 2 N–H and O–H groups in total. The highest BCUT2D eigenvalue weighted by Crippen LogP contribution is 2.17. The molecule has 0 aliphatic heterocycles. The highest BCUT2D eigenvalue weighted by molar-refractivity contribution is 6.30. The third kappa shape index (κ3) is 3.49. The molecule has 18 heavy (non-hydrogen) atoms. The van der Waals surface area contributed by atoms with Crippen LogP contribution in [0.15, 0.2) is 48.5 Å². The van der Waals surface area contributed by atoms with Crippen molar-refractivity contribution < 1.29 is 5.11 Å². The van der Waals surface area contributed by atoms with Gasteiger partial charge in [-0.25, -0.2) is 0 Å². The zero-order chi connectivity index (χ0) is 13.0. The first-order valence-corrected chi connectivity index (χ1v) is 6.30. The summed E-state index contributed by atoms with van der Waals surface area (Å²) in [6.07, 6.45) is 0. The lowest BCUT2D eigenvalue weighted by Gasteiger charge is -2.14. The average molecular weight is 262 g/mol. The van der Waals surface area contributed by atoms with Crippen molar-refractivity contribution in [2.45, 2.75) is 19.5 Å². The van der Waals surface area contributed by atoms with Gasteiger partial charge in [0.25, 0.3) is 0 Å². The molecule has 1 atom stereocenters. The highest BCUT2D eigenvalue weighted by Gasteiger charge is 2.04. The summed E-state index contributed by atoms with van der Waals surface area (Å²) < 4.78 is 0. The van der Waals surface area contributed by atoms with E-state index in [-0.39, 0.29) is 6.04 Å². The van der Waals surface area contributed by atoms with Gasteiger partial charge in [0.15, 0.2) is 0 Å². The minimum atomic E-state index is 0.237. The molecule has 2 aromatic rings. The van der Waals surface area contributed by atoms with E-state index >= 15 is 0 Å². The van der Waals surface area contributed by atoms with E-state index in [2.05, 4.69) is 12.2 Å². The molecule has 0 aliphatic carbocycles. The van der Waals surface area contributed by atoms with Crippen LogP contribution in [0, 0.1) is 0 Å². The van der Waals surface area contributed by atoms with Crippen LogP contribution in [0.5, 0.6) is 5.75 Å². The van der Waals surface area contributed by atoms with E-state index in [9.17, 15) is 5.11 Å². The smallest absolute Gasteiger partial charge is 0.115 e. The Morgan fingerprint density at radius 2 is 1.67 bits per heavy atom. The van der Waals surface area contributed by atoms with Crippen LogP contribution >= 0.6 is 11.6 Å². The Labute approximate surface area is 112 Å². The van der Waals surface area contributed by atoms with Crippen molar-refractivity contribution in [3.8, 4) is 5.75 Å². The molecule has 2 aromatic carbocycles. The molecule has 0 spiro atoms. The first-order valence-electron chi connectivity index (χ1n) is 5.92. The minimum absolute atomic E-state index is 0.237. The maximum atomic E-state index is 9.24. The van der Waals surface area contributed by atoms with E-state index in [1.807, 2.05) is 36.4 Å². The van der Waals surface area contributed by atoms with Gasteiger partial charge in [-0.2, -0.15) is 0 Å². The predicted molar refractivity (Wildman–Crippen MR) is 74.8 cm³/mol. The number of phenolic OH excluding ortho intramolecular Hbond substituents is 1. The van der Waals surface area contributed by atoms with Crippen LogP contribution in [0.3, 0.4) is 0 Å². The van der Waals surface area contributed by atoms with Gasteiger partial charge >= 0.3 is 0 Å². The molecule has 3 heteroatoms. The minimum Gasteiger partial charge on any atom is -0.508 e. The van der Waals surface area contributed by atoms with Gasteiger partial charge in [0.05, 0.1) is 0 Å². The van der Waals surface area contributed by atoms with Gasteiger partial charge in [-0.15, -0.1) is 0 Å². The Morgan fingerprint density at radius 3 is 2.28 bits per heavy atom. The lowest BCUT2D eigenvalue weighted by molar-refractivity contribution is 0.474. The van der Waals surface area contributed by atoms with E-state index < -0.39 is 0 Å². The fourth-order valence-electron chi connectivity index (χ4n) is 1.75. The Bertz CT molecular complexity index is 493. The number of benzene rings is 2. The molecule has 0 amide bonds. The van der Waals surface area contributed by atoms with Gasteiger partial charge in [0, 0.05) is 17.6 Å². The van der Waals surface area contributed by atoms with E-state index in [1.54, 1.807) is 12.1 Å². The quantitative estimate of drug-likeness (QED) is 0.875. The second-order valence-corrected chi connectivity index (χ2v) is 4.76. The molecule has 0 heterocycles. The number of hydrogen-bond acceptors (Lipinski definition) is 2. The fraction of sp³-hybridized carbons (Fsp3) is 0.200. The van der Waals surface area contributed by atoms with Crippen molar-refractivity contribution in [3.63, 3.8) is 0 Å². The topological polar surface area (TPSA) is 32.3 Å². The van der Waals surface area contributed by atoms with Crippen molar-refractivity contribution in [2.24, 2.45) is 0 Å². The van der Waals surface area contributed by atoms with Crippen LogP contribution < -0.4 is 5.32 Å². The molecular formula is C15H16ClNO. The summed E-state index contributed by atoms with van der Waals surface area (Å²) in [4.78, 5) is 0. The molecule has 0 bridgehead atoms. The van der Waals surface area contributed by atoms with Gasteiger partial charge in [0.1, 0.15) is 5.75 Å². The summed E-state index contributed by atoms with van der Waals surface area (Å²) in [7, 11) is 0. The zero-order valence-corrected chi connectivity index (χ0v) is 11.0. The zero-order valence-electron chi connectivity index (χ0n) is 10.2. The lowest BCUT2D eigenvalue weighted by atomic mass is 10.1. The normalized spacial score (nSPS) is 12.3. The summed E-state index contributed by atoms with van der Waals surface area (Å²) in [5.74, 6) is 0.295. The maximum Gasteiger partial charge on any atom is 0.115 e. The number of aromatic hydroxyl groups is 1. The third-order valence-corrected chi connectivity index (χ3v) is 3.17. The molecule has 0 saturated heterocycles. The Kier molecular flexibility index (Phi) is 4.24. The van der Waals surface area contributed by atoms with Gasteiger partial charge in [0.2, 0.25) is 0 Å². The largest absolute Gasteiger partial charge is 0.508 e. The van der Waals surface area contributed by atoms with Crippen molar-refractivity contribution in [1.82, 2.24) is 5.32 Å². The van der Waals surface area contributed by atoms with Crippen LogP contribution in [0.2, 0.25) is 5.02 Å². The molecule has 1 unspecified atom stereocenters. The predicted octanol–water partition coefficient (Wildman–Crippen LogP) is 3.90. The Hall–Kier alpha value is -1.51. The van der Waals surface area contributed by atoms with E-state index in [4.69, 9.17) is 11.6 Å². The number of phenols is 1. The van der Waals surface area contributed by atoms with Gasteiger partial charge < -0.3 is 10.4 Å². The van der Waals surface area contributed by atoms with E-state index in [1.165, 1.54) is 5.56 Å². The van der Waals surface area contributed by atoms with Crippen LogP contribution in [-0.4, -0.2) is 5.11 Å². The number of halogens is 1. The summed E-state index contributed by atoms with van der Waals surface area (Å²) >= 11 is 5.84. The summed E-state index contributed by atoms with van der Waals surface area (Å²) in [6.45, 7) is 2.89. The number of nitrogens with one attached hydrogen (secondary N) is 1. The fourth-order valence-corrected chi connectivity index (χ4v) is 1.88. The van der Waals surface area contributed by atoms with Gasteiger partial charge in [-0.1, -0.05) is 35.9 Å². The van der Waals surface area contributed by atoms with Crippen molar-refractivity contribution in [1.29, 1.82) is 0 Å². The Morgan fingerprint density at radius 1 is 1.06 bits per heavy atom. The van der Waals surface area contributed by atoms with Crippen molar-refractivity contribution in [2.75, 3.05) is 0 Å².